The van der Waals surface area contributed by atoms with E-state index in [1.807, 2.05) is 13.8 Å². The highest BCUT2D eigenvalue weighted by atomic mass is 16.4. The summed E-state index contributed by atoms with van der Waals surface area (Å²) >= 11 is 0. The molecule has 3 heteroatoms. The molecule has 0 spiro atoms. The molecule has 0 radical (unpaired) electrons. The molecular weight excluding hydrogens is 226 g/mol. The van der Waals surface area contributed by atoms with Crippen LogP contribution in [0.3, 0.4) is 0 Å². The summed E-state index contributed by atoms with van der Waals surface area (Å²) in [5.74, 6) is 0.0280. The monoisotopic (exact) mass is 249 g/mol. The molecule has 0 bridgehead atoms. The maximum atomic E-state index is 11.1. The normalized spacial score (nSPS) is 17.0. The van der Waals surface area contributed by atoms with Gasteiger partial charge in [-0.15, -0.1) is 0 Å². The van der Waals surface area contributed by atoms with Gasteiger partial charge in [0.05, 0.1) is 5.56 Å². The highest BCUT2D eigenvalue weighted by Crippen LogP contribution is 2.27. The van der Waals surface area contributed by atoms with Crippen molar-refractivity contribution in [3.05, 3.63) is 23.0 Å². The molecule has 3 nitrogen and oxygen atoms in total. The van der Waals surface area contributed by atoms with Gasteiger partial charge >= 0.3 is 5.97 Å². The van der Waals surface area contributed by atoms with Gasteiger partial charge in [0.25, 0.3) is 0 Å². The second-order valence-electron chi connectivity index (χ2n) is 5.53. The lowest BCUT2D eigenvalue weighted by Gasteiger charge is -2.22. The number of carbonyl (C=O) groups is 1. The van der Waals surface area contributed by atoms with Crippen LogP contribution in [0.4, 0.5) is 0 Å². The summed E-state index contributed by atoms with van der Waals surface area (Å²) in [6, 6.07) is 1.79. The number of aromatic carboxylic acids is 1. The minimum absolute atomic E-state index is 0.455. The zero-order valence-corrected chi connectivity index (χ0v) is 11.4. The molecule has 0 saturated heterocycles. The van der Waals surface area contributed by atoms with Crippen molar-refractivity contribution in [1.29, 1.82) is 0 Å². The molecule has 18 heavy (non-hydrogen) atoms. The Bertz CT molecular complexity index is 428. The predicted octanol–water partition coefficient (Wildman–Crippen LogP) is 3.77. The third-order valence-electron chi connectivity index (χ3n) is 4.29. The number of carboxylic acid groups (broad SMARTS) is 1. The summed E-state index contributed by atoms with van der Waals surface area (Å²) in [6.07, 6.45) is 8.02. The summed E-state index contributed by atoms with van der Waals surface area (Å²) in [5, 5.41) is 9.11. The Labute approximate surface area is 109 Å². The topological polar surface area (TPSA) is 42.2 Å². The molecule has 1 aromatic rings. The van der Waals surface area contributed by atoms with E-state index in [0.717, 1.165) is 23.9 Å². The Hall–Kier alpha value is -1.25. The first-order valence-electron chi connectivity index (χ1n) is 6.99. The summed E-state index contributed by atoms with van der Waals surface area (Å²) in [6.45, 7) is 4.88. The van der Waals surface area contributed by atoms with Crippen molar-refractivity contribution in [3.63, 3.8) is 0 Å². The Morgan fingerprint density at radius 2 is 2.00 bits per heavy atom. The average Bonchev–Trinajstić information content (AvgIpc) is 2.64. The summed E-state index contributed by atoms with van der Waals surface area (Å²) in [5.41, 5.74) is 2.42. The maximum absolute atomic E-state index is 11.1. The lowest BCUT2D eigenvalue weighted by atomic mass is 9.87. The van der Waals surface area contributed by atoms with Crippen LogP contribution in [0.2, 0.25) is 0 Å². The first kappa shape index (κ1) is 13.2. The van der Waals surface area contributed by atoms with Crippen molar-refractivity contribution in [3.8, 4) is 0 Å². The lowest BCUT2D eigenvalue weighted by Crippen LogP contribution is -2.12. The number of aromatic nitrogens is 1. The van der Waals surface area contributed by atoms with Crippen LogP contribution >= 0.6 is 0 Å². The second kappa shape index (κ2) is 5.59. The molecule has 2 rings (SSSR count). The highest BCUT2D eigenvalue weighted by molar-refractivity contribution is 5.89. The van der Waals surface area contributed by atoms with Gasteiger partial charge < -0.3 is 9.67 Å². The van der Waals surface area contributed by atoms with Gasteiger partial charge in [-0.05, 0) is 32.3 Å². The van der Waals surface area contributed by atoms with E-state index in [0.29, 0.717) is 5.56 Å². The van der Waals surface area contributed by atoms with Gasteiger partial charge in [-0.1, -0.05) is 32.1 Å². The van der Waals surface area contributed by atoms with E-state index in [1.165, 1.54) is 38.5 Å². The fourth-order valence-electron chi connectivity index (χ4n) is 3.15. The Morgan fingerprint density at radius 3 is 2.56 bits per heavy atom. The van der Waals surface area contributed by atoms with Crippen LogP contribution in [0.5, 0.6) is 0 Å². The van der Waals surface area contributed by atoms with Crippen molar-refractivity contribution < 1.29 is 9.90 Å². The SMILES string of the molecule is Cc1cc(C(=O)O)c(C)n1CCC1CCCCC1. The van der Waals surface area contributed by atoms with Crippen molar-refractivity contribution in [2.24, 2.45) is 5.92 Å². The van der Waals surface area contributed by atoms with Crippen LogP contribution in [0.1, 0.15) is 60.3 Å². The van der Waals surface area contributed by atoms with Crippen LogP contribution in [0.15, 0.2) is 6.07 Å². The van der Waals surface area contributed by atoms with E-state index in [-0.39, 0.29) is 0 Å². The van der Waals surface area contributed by atoms with Gasteiger partial charge in [-0.3, -0.25) is 0 Å². The fraction of sp³-hybridized carbons (Fsp3) is 0.667. The third-order valence-corrected chi connectivity index (χ3v) is 4.29. The predicted molar refractivity (Wildman–Crippen MR) is 72.1 cm³/mol. The molecule has 1 aliphatic rings. The van der Waals surface area contributed by atoms with E-state index < -0.39 is 5.97 Å². The second-order valence-corrected chi connectivity index (χ2v) is 5.53. The number of hydrogen-bond donors (Lipinski definition) is 1. The lowest BCUT2D eigenvalue weighted by molar-refractivity contribution is 0.0696. The van der Waals surface area contributed by atoms with E-state index >= 15 is 0 Å². The van der Waals surface area contributed by atoms with Gasteiger partial charge in [0.2, 0.25) is 0 Å². The van der Waals surface area contributed by atoms with Crippen molar-refractivity contribution in [2.45, 2.75) is 58.9 Å². The smallest absolute Gasteiger partial charge is 0.337 e. The van der Waals surface area contributed by atoms with E-state index in [4.69, 9.17) is 5.11 Å². The van der Waals surface area contributed by atoms with Crippen LogP contribution in [0, 0.1) is 19.8 Å². The molecule has 0 amide bonds. The zero-order valence-electron chi connectivity index (χ0n) is 11.4. The van der Waals surface area contributed by atoms with Crippen molar-refractivity contribution >= 4 is 5.97 Å². The molecule has 1 N–H and O–H groups in total. The van der Waals surface area contributed by atoms with E-state index in [1.54, 1.807) is 6.07 Å². The first-order valence-corrected chi connectivity index (χ1v) is 6.99. The summed E-state index contributed by atoms with van der Waals surface area (Å²) in [4.78, 5) is 11.1. The van der Waals surface area contributed by atoms with Gasteiger partial charge in [-0.2, -0.15) is 0 Å². The minimum atomic E-state index is -0.813. The van der Waals surface area contributed by atoms with Crippen LogP contribution < -0.4 is 0 Å². The van der Waals surface area contributed by atoms with Crippen LogP contribution in [-0.2, 0) is 6.54 Å². The molecule has 0 unspecified atom stereocenters. The Kier molecular flexibility index (Phi) is 4.10. The Balaban J connectivity index is 2.02. The van der Waals surface area contributed by atoms with Gasteiger partial charge in [0.1, 0.15) is 0 Å². The molecule has 0 aromatic carbocycles. The summed E-state index contributed by atoms with van der Waals surface area (Å²) in [7, 11) is 0. The molecule has 0 atom stereocenters. The van der Waals surface area contributed by atoms with E-state index in [2.05, 4.69) is 4.57 Å². The molecule has 1 saturated carbocycles. The Morgan fingerprint density at radius 1 is 1.33 bits per heavy atom. The minimum Gasteiger partial charge on any atom is -0.478 e. The summed E-state index contributed by atoms with van der Waals surface area (Å²) < 4.78 is 2.16. The quantitative estimate of drug-likeness (QED) is 0.882. The van der Waals surface area contributed by atoms with E-state index in [9.17, 15) is 4.79 Å². The molecule has 1 heterocycles. The molecular formula is C15H23NO2. The molecule has 0 aliphatic heterocycles. The maximum Gasteiger partial charge on any atom is 0.337 e. The van der Waals surface area contributed by atoms with Crippen LogP contribution in [0.25, 0.3) is 0 Å². The number of nitrogens with zero attached hydrogens (tertiary/aromatic N) is 1. The van der Waals surface area contributed by atoms with Crippen LogP contribution in [-0.4, -0.2) is 15.6 Å². The number of carboxylic acids is 1. The number of aryl methyl sites for hydroxylation is 1. The van der Waals surface area contributed by atoms with Gasteiger partial charge in [0.15, 0.2) is 0 Å². The zero-order chi connectivity index (χ0) is 13.1. The molecule has 1 aliphatic carbocycles. The standard InChI is InChI=1S/C15H23NO2/c1-11-10-14(15(17)18)12(2)16(11)9-8-13-6-4-3-5-7-13/h10,13H,3-9H2,1-2H3,(H,17,18). The van der Waals surface area contributed by atoms with Crippen molar-refractivity contribution in [1.82, 2.24) is 4.57 Å². The van der Waals surface area contributed by atoms with Gasteiger partial charge in [0, 0.05) is 17.9 Å². The molecule has 100 valence electrons. The molecule has 1 aromatic heterocycles. The average molecular weight is 249 g/mol. The van der Waals surface area contributed by atoms with Gasteiger partial charge in [-0.25, -0.2) is 4.79 Å². The third kappa shape index (κ3) is 2.77. The largest absolute Gasteiger partial charge is 0.478 e. The number of hydrogen-bond acceptors (Lipinski definition) is 1. The first-order chi connectivity index (χ1) is 8.59. The highest BCUT2D eigenvalue weighted by Gasteiger charge is 2.17. The molecule has 1 fully saturated rings. The fourth-order valence-corrected chi connectivity index (χ4v) is 3.15. The number of rotatable bonds is 4. The van der Waals surface area contributed by atoms with Crippen molar-refractivity contribution in [2.75, 3.05) is 0 Å².